The van der Waals surface area contributed by atoms with E-state index < -0.39 is 11.4 Å². The molecule has 1 N–H and O–H groups in total. The summed E-state index contributed by atoms with van der Waals surface area (Å²) in [4.78, 5) is 27.3. The number of hydrogen-bond donors (Lipinski definition) is 1. The van der Waals surface area contributed by atoms with E-state index in [1.165, 1.54) is 0 Å². The van der Waals surface area contributed by atoms with Gasteiger partial charge in [0.15, 0.2) is 0 Å². The summed E-state index contributed by atoms with van der Waals surface area (Å²) in [5.74, 6) is -0.831. The summed E-state index contributed by atoms with van der Waals surface area (Å²) in [5.41, 5.74) is 0.587. The number of rotatable bonds is 5. The zero-order valence-corrected chi connectivity index (χ0v) is 14.3. The first-order chi connectivity index (χ1) is 10.8. The van der Waals surface area contributed by atoms with Crippen LogP contribution < -0.4 is 4.90 Å². The number of halogens is 1. The van der Waals surface area contributed by atoms with Crippen LogP contribution in [0.15, 0.2) is 24.3 Å². The third kappa shape index (κ3) is 5.13. The normalized spacial score (nSPS) is 15.6. The van der Waals surface area contributed by atoms with Crippen LogP contribution in [0.2, 0.25) is 5.02 Å². The maximum Gasteiger partial charge on any atom is 0.303 e. The van der Waals surface area contributed by atoms with Gasteiger partial charge in [0.1, 0.15) is 0 Å². The Labute approximate surface area is 141 Å². The Hall–Kier alpha value is -1.75. The summed E-state index contributed by atoms with van der Waals surface area (Å²) in [6.45, 7) is 6.50. The Kier molecular flexibility index (Phi) is 5.52. The lowest BCUT2D eigenvalue weighted by atomic mass is 9.85. The van der Waals surface area contributed by atoms with Crippen LogP contribution in [0.5, 0.6) is 0 Å². The molecular weight excluding hydrogens is 316 g/mol. The Balaban J connectivity index is 1.87. The van der Waals surface area contributed by atoms with Crippen molar-refractivity contribution in [3.05, 3.63) is 29.3 Å². The van der Waals surface area contributed by atoms with Crippen molar-refractivity contribution in [2.45, 2.75) is 26.7 Å². The van der Waals surface area contributed by atoms with E-state index in [0.29, 0.717) is 18.1 Å². The lowest BCUT2D eigenvalue weighted by molar-refractivity contribution is -0.140. The lowest BCUT2D eigenvalue weighted by Crippen LogP contribution is -2.49. The van der Waals surface area contributed by atoms with E-state index in [9.17, 15) is 9.59 Å². The minimum absolute atomic E-state index is 0.00345. The van der Waals surface area contributed by atoms with Gasteiger partial charge < -0.3 is 14.9 Å². The van der Waals surface area contributed by atoms with Gasteiger partial charge in [0.05, 0.1) is 6.42 Å². The second-order valence-electron chi connectivity index (χ2n) is 6.76. The predicted octanol–water partition coefficient (Wildman–Crippen LogP) is 2.88. The molecule has 0 unspecified atom stereocenters. The van der Waals surface area contributed by atoms with Crippen molar-refractivity contribution >= 4 is 29.2 Å². The molecule has 126 valence electrons. The molecule has 1 aromatic rings. The number of hydrogen-bond acceptors (Lipinski definition) is 3. The van der Waals surface area contributed by atoms with E-state index in [0.717, 1.165) is 18.8 Å². The van der Waals surface area contributed by atoms with Crippen LogP contribution in [0, 0.1) is 5.41 Å². The monoisotopic (exact) mass is 338 g/mol. The van der Waals surface area contributed by atoms with Crippen LogP contribution in [0.1, 0.15) is 26.7 Å². The van der Waals surface area contributed by atoms with Gasteiger partial charge in [0.2, 0.25) is 5.91 Å². The van der Waals surface area contributed by atoms with Crippen molar-refractivity contribution in [2.75, 3.05) is 31.1 Å². The number of carboxylic acids is 1. The summed E-state index contributed by atoms with van der Waals surface area (Å²) in [5, 5.41) is 9.62. The molecule has 1 fully saturated rings. The molecule has 2 rings (SSSR count). The Morgan fingerprint density at radius 1 is 1.09 bits per heavy atom. The van der Waals surface area contributed by atoms with Crippen LogP contribution in [-0.2, 0) is 9.59 Å². The highest BCUT2D eigenvalue weighted by molar-refractivity contribution is 6.30. The minimum Gasteiger partial charge on any atom is -0.481 e. The van der Waals surface area contributed by atoms with Crippen molar-refractivity contribution in [3.63, 3.8) is 0 Å². The number of nitrogens with zero attached hydrogens (tertiary/aromatic N) is 2. The highest BCUT2D eigenvalue weighted by Gasteiger charge is 2.29. The van der Waals surface area contributed by atoms with Crippen LogP contribution in [-0.4, -0.2) is 48.1 Å². The third-order valence-corrected chi connectivity index (χ3v) is 4.34. The second kappa shape index (κ2) is 7.21. The summed E-state index contributed by atoms with van der Waals surface area (Å²) >= 11 is 5.90. The minimum atomic E-state index is -0.865. The molecule has 1 aromatic carbocycles. The number of carboxylic acid groups (broad SMARTS) is 1. The number of carbonyl (C=O) groups excluding carboxylic acids is 1. The van der Waals surface area contributed by atoms with Crippen LogP contribution >= 0.6 is 11.6 Å². The number of amides is 1. The SMILES string of the molecule is CC(C)(CC(=O)O)CC(=O)N1CCN(c2ccc(Cl)cc2)CC1. The highest BCUT2D eigenvalue weighted by Crippen LogP contribution is 2.26. The maximum atomic E-state index is 12.4. The second-order valence-corrected chi connectivity index (χ2v) is 7.19. The van der Waals surface area contributed by atoms with E-state index in [2.05, 4.69) is 4.90 Å². The summed E-state index contributed by atoms with van der Waals surface area (Å²) in [6.07, 6.45) is 0.268. The average Bonchev–Trinajstić information content (AvgIpc) is 2.46. The Bertz CT molecular complexity index is 564. The average molecular weight is 339 g/mol. The molecule has 1 aliphatic heterocycles. The first-order valence-electron chi connectivity index (χ1n) is 7.77. The van der Waals surface area contributed by atoms with Gasteiger partial charge in [-0.2, -0.15) is 0 Å². The predicted molar refractivity (Wildman–Crippen MR) is 90.9 cm³/mol. The molecular formula is C17H23ClN2O3. The molecule has 1 saturated heterocycles. The molecule has 0 bridgehead atoms. The van der Waals surface area contributed by atoms with E-state index in [-0.39, 0.29) is 18.7 Å². The Morgan fingerprint density at radius 3 is 2.17 bits per heavy atom. The molecule has 1 aliphatic rings. The molecule has 1 amide bonds. The van der Waals surface area contributed by atoms with Crippen molar-refractivity contribution in [3.8, 4) is 0 Å². The van der Waals surface area contributed by atoms with Gasteiger partial charge >= 0.3 is 5.97 Å². The van der Waals surface area contributed by atoms with Gasteiger partial charge in [-0.05, 0) is 29.7 Å². The van der Waals surface area contributed by atoms with Gasteiger partial charge in [-0.25, -0.2) is 0 Å². The number of carbonyl (C=O) groups is 2. The molecule has 0 atom stereocenters. The molecule has 0 aliphatic carbocycles. The molecule has 0 spiro atoms. The number of anilines is 1. The van der Waals surface area contributed by atoms with Gasteiger partial charge in [0.25, 0.3) is 0 Å². The topological polar surface area (TPSA) is 60.9 Å². The van der Waals surface area contributed by atoms with Gasteiger partial charge in [0, 0.05) is 43.3 Å². The van der Waals surface area contributed by atoms with E-state index in [1.54, 1.807) is 0 Å². The molecule has 0 radical (unpaired) electrons. The van der Waals surface area contributed by atoms with E-state index >= 15 is 0 Å². The molecule has 6 heteroatoms. The Morgan fingerprint density at radius 2 is 1.65 bits per heavy atom. The van der Waals surface area contributed by atoms with E-state index in [4.69, 9.17) is 16.7 Å². The molecule has 0 aromatic heterocycles. The van der Waals surface area contributed by atoms with Crippen LogP contribution in [0.4, 0.5) is 5.69 Å². The van der Waals surface area contributed by atoms with Crippen molar-refractivity contribution in [1.82, 2.24) is 4.90 Å². The zero-order valence-electron chi connectivity index (χ0n) is 13.6. The molecule has 1 heterocycles. The molecule has 23 heavy (non-hydrogen) atoms. The van der Waals surface area contributed by atoms with Crippen molar-refractivity contribution < 1.29 is 14.7 Å². The number of piperazine rings is 1. The van der Waals surface area contributed by atoms with Crippen LogP contribution in [0.25, 0.3) is 0 Å². The fourth-order valence-corrected chi connectivity index (χ4v) is 2.99. The van der Waals surface area contributed by atoms with Crippen LogP contribution in [0.3, 0.4) is 0 Å². The zero-order chi connectivity index (χ0) is 17.0. The third-order valence-electron chi connectivity index (χ3n) is 4.08. The number of aliphatic carboxylic acids is 1. The van der Waals surface area contributed by atoms with Crippen molar-refractivity contribution in [1.29, 1.82) is 0 Å². The van der Waals surface area contributed by atoms with Crippen molar-refractivity contribution in [2.24, 2.45) is 5.41 Å². The largest absolute Gasteiger partial charge is 0.481 e. The number of benzene rings is 1. The summed E-state index contributed by atoms with van der Waals surface area (Å²) < 4.78 is 0. The summed E-state index contributed by atoms with van der Waals surface area (Å²) in [6, 6.07) is 7.69. The fraction of sp³-hybridized carbons (Fsp3) is 0.529. The summed E-state index contributed by atoms with van der Waals surface area (Å²) in [7, 11) is 0. The van der Waals surface area contributed by atoms with Gasteiger partial charge in [-0.1, -0.05) is 25.4 Å². The van der Waals surface area contributed by atoms with E-state index in [1.807, 2.05) is 43.0 Å². The molecule has 5 nitrogen and oxygen atoms in total. The quantitative estimate of drug-likeness (QED) is 0.896. The first kappa shape index (κ1) is 17.6. The lowest BCUT2D eigenvalue weighted by Gasteiger charge is -2.37. The first-order valence-corrected chi connectivity index (χ1v) is 8.15. The molecule has 0 saturated carbocycles. The van der Waals surface area contributed by atoms with Gasteiger partial charge in [-0.15, -0.1) is 0 Å². The van der Waals surface area contributed by atoms with Gasteiger partial charge in [-0.3, -0.25) is 9.59 Å². The standard InChI is InChI=1S/C17H23ClN2O3/c1-17(2,12-16(22)23)11-15(21)20-9-7-19(8-10-20)14-5-3-13(18)4-6-14/h3-6H,7-12H2,1-2H3,(H,22,23). The maximum absolute atomic E-state index is 12.4. The fourth-order valence-electron chi connectivity index (χ4n) is 2.86. The smallest absolute Gasteiger partial charge is 0.303 e. The highest BCUT2D eigenvalue weighted by atomic mass is 35.5.